The molecule has 0 bridgehead atoms. The van der Waals surface area contributed by atoms with Crippen molar-refractivity contribution in [2.45, 2.75) is 73.0 Å². The number of benzene rings is 7. The molecule has 0 radical (unpaired) electrons. The van der Waals surface area contributed by atoms with Crippen molar-refractivity contribution in [3.8, 4) is 78.6 Å². The van der Waals surface area contributed by atoms with E-state index < -0.39 is 19.6 Å². The molecule has 9 rings (SSSR count). The SMILES string of the molecule is [2H]C([2H])([2H])c1cc(-n2c(-c3cc(C(C)C)cc(C(C)C)c3O)nc3c(-c4[c-]c(-c5cc(-c6ccc(C([2H])(C)C)cc6)ccn5)cc(-c5ccccc5)c4)cccc32)cc(-c2ccccc2)c1C([2H])([2H])[2H].[Pt]. The molecule has 2 heterocycles. The molecule has 2 aromatic heterocycles. The molecular formula is C59H54N3OPt-. The van der Waals surface area contributed by atoms with Gasteiger partial charge in [0.2, 0.25) is 0 Å². The summed E-state index contributed by atoms with van der Waals surface area (Å²) in [5.41, 5.74) is 11.7. The number of para-hydroxylation sites is 1. The Kier molecular flexibility index (Phi) is 10.4. The fourth-order valence-corrected chi connectivity index (χ4v) is 8.39. The summed E-state index contributed by atoms with van der Waals surface area (Å²) in [5, 5.41) is 12.3. The number of nitrogens with zero attached hydrogens (tertiary/aromatic N) is 3. The number of imidazole rings is 1. The summed E-state index contributed by atoms with van der Waals surface area (Å²) in [5.74, 6) is -0.274. The first-order valence-electron chi connectivity index (χ1n) is 25.0. The summed E-state index contributed by atoms with van der Waals surface area (Å²) in [6.07, 6.45) is 1.79. The molecule has 0 spiro atoms. The van der Waals surface area contributed by atoms with E-state index >= 15 is 0 Å². The minimum Gasteiger partial charge on any atom is -0.507 e. The maximum Gasteiger partial charge on any atom is 0.148 e. The number of aromatic hydroxyl groups is 1. The fraction of sp³-hybridized carbons (Fsp3) is 0.186. The molecule has 0 fully saturated rings. The van der Waals surface area contributed by atoms with Crippen LogP contribution < -0.4 is 0 Å². The Balaban J connectivity index is 0.00000676. The van der Waals surface area contributed by atoms with Gasteiger partial charge in [-0.25, -0.2) is 4.98 Å². The average molecular weight is 1020 g/mol. The van der Waals surface area contributed by atoms with E-state index in [1.807, 2.05) is 123 Å². The van der Waals surface area contributed by atoms with Gasteiger partial charge in [0.15, 0.2) is 0 Å². The Morgan fingerprint density at radius 3 is 1.97 bits per heavy atom. The monoisotopic (exact) mass is 1020 g/mol. The zero-order valence-corrected chi connectivity index (χ0v) is 39.0. The molecule has 0 saturated heterocycles. The Morgan fingerprint density at radius 1 is 0.594 bits per heavy atom. The molecule has 0 unspecified atom stereocenters. The van der Waals surface area contributed by atoms with Crippen molar-refractivity contribution in [1.29, 1.82) is 0 Å². The molecular weight excluding hydrogens is 962 g/mol. The van der Waals surface area contributed by atoms with Crippen molar-refractivity contribution in [1.82, 2.24) is 14.5 Å². The van der Waals surface area contributed by atoms with E-state index in [2.05, 4.69) is 44.2 Å². The summed E-state index contributed by atoms with van der Waals surface area (Å²) in [6, 6.07) is 52.0. The summed E-state index contributed by atoms with van der Waals surface area (Å²) >= 11 is 0. The maximum atomic E-state index is 12.3. The van der Waals surface area contributed by atoms with Crippen LogP contribution in [0.15, 0.2) is 158 Å². The van der Waals surface area contributed by atoms with Gasteiger partial charge in [0.05, 0.1) is 16.6 Å². The zero-order valence-electron chi connectivity index (χ0n) is 43.8. The number of aromatic nitrogens is 3. The summed E-state index contributed by atoms with van der Waals surface area (Å²) < 4.78 is 62.7. The molecule has 322 valence electrons. The molecule has 0 atom stereocenters. The number of fused-ring (bicyclic) bond motifs is 1. The second-order valence-corrected chi connectivity index (χ2v) is 17.1. The standard InChI is InChI=1S/C59H54N3O.Pt/c1-36(2)41-22-24-43(25-23-41)45-26-27-60-55(34-45)49-30-47(42-16-11-9-12-17-42)29-48(31-49)51-20-15-21-56-57(51)61-59(54-33-46(37(3)4)32-52(38(5)6)58(54)63)62(56)50-28-39(7)40(8)53(35-50)44-18-13-10-14-19-44;/h9-30,32-38,63H,1-8H3;/q-1;/i7D3,8D3,36D;. The summed E-state index contributed by atoms with van der Waals surface area (Å²) in [7, 11) is 0. The van der Waals surface area contributed by atoms with Gasteiger partial charge in [0, 0.05) is 48.2 Å². The molecule has 4 nitrogen and oxygen atoms in total. The van der Waals surface area contributed by atoms with Crippen LogP contribution in [0.3, 0.4) is 0 Å². The van der Waals surface area contributed by atoms with Crippen LogP contribution in [0.2, 0.25) is 0 Å². The van der Waals surface area contributed by atoms with Crippen LogP contribution in [-0.2, 0) is 21.1 Å². The van der Waals surface area contributed by atoms with Crippen LogP contribution >= 0.6 is 0 Å². The van der Waals surface area contributed by atoms with E-state index in [-0.39, 0.29) is 55.3 Å². The van der Waals surface area contributed by atoms with Gasteiger partial charge in [-0.2, -0.15) is 0 Å². The van der Waals surface area contributed by atoms with Gasteiger partial charge in [-0.05, 0) is 117 Å². The molecule has 0 amide bonds. The molecule has 0 aliphatic rings. The molecule has 0 aliphatic heterocycles. The van der Waals surface area contributed by atoms with Crippen molar-refractivity contribution >= 4 is 11.0 Å². The van der Waals surface area contributed by atoms with Crippen LogP contribution in [0.25, 0.3) is 83.9 Å². The van der Waals surface area contributed by atoms with Crippen LogP contribution in [0.1, 0.15) is 96.7 Å². The van der Waals surface area contributed by atoms with Gasteiger partial charge in [0.25, 0.3) is 0 Å². The first kappa shape index (κ1) is 36.0. The zero-order chi connectivity index (χ0) is 49.9. The van der Waals surface area contributed by atoms with E-state index in [1.165, 1.54) is 6.07 Å². The van der Waals surface area contributed by atoms with Crippen LogP contribution in [0.5, 0.6) is 5.75 Å². The van der Waals surface area contributed by atoms with Gasteiger partial charge in [-0.15, -0.1) is 23.8 Å². The number of hydrogen-bond acceptors (Lipinski definition) is 3. The number of aryl methyl sites for hydroxylation is 1. The van der Waals surface area contributed by atoms with Gasteiger partial charge >= 0.3 is 0 Å². The minimum absolute atomic E-state index is 0. The van der Waals surface area contributed by atoms with Crippen LogP contribution in [0, 0.1) is 19.8 Å². The Bertz CT molecular complexity index is 3390. The minimum atomic E-state index is -2.81. The Morgan fingerprint density at radius 2 is 1.30 bits per heavy atom. The largest absolute Gasteiger partial charge is 0.507 e. The van der Waals surface area contributed by atoms with Crippen molar-refractivity contribution in [3.05, 3.63) is 192 Å². The van der Waals surface area contributed by atoms with Crippen molar-refractivity contribution in [2.75, 3.05) is 0 Å². The van der Waals surface area contributed by atoms with Gasteiger partial charge in [-0.1, -0.05) is 167 Å². The van der Waals surface area contributed by atoms with Gasteiger partial charge < -0.3 is 5.11 Å². The van der Waals surface area contributed by atoms with E-state index in [0.717, 1.165) is 55.6 Å². The smallest absolute Gasteiger partial charge is 0.148 e. The van der Waals surface area contributed by atoms with E-state index in [9.17, 15) is 5.11 Å². The quantitative estimate of drug-likeness (QED) is 0.139. The molecule has 5 heteroatoms. The number of phenols is 1. The molecule has 0 saturated carbocycles. The van der Waals surface area contributed by atoms with Crippen LogP contribution in [-0.4, -0.2) is 19.6 Å². The van der Waals surface area contributed by atoms with Gasteiger partial charge in [0.1, 0.15) is 11.6 Å². The van der Waals surface area contributed by atoms with E-state index in [4.69, 9.17) is 19.6 Å². The second-order valence-electron chi connectivity index (χ2n) is 17.1. The Labute approximate surface area is 402 Å². The predicted molar refractivity (Wildman–Crippen MR) is 264 cm³/mol. The van der Waals surface area contributed by atoms with Crippen LogP contribution in [0.4, 0.5) is 0 Å². The number of hydrogen-bond donors (Lipinski definition) is 1. The normalized spacial score (nSPS) is 13.7. The van der Waals surface area contributed by atoms with Crippen molar-refractivity contribution < 1.29 is 35.8 Å². The third kappa shape index (κ3) is 8.52. The topological polar surface area (TPSA) is 50.9 Å². The maximum absolute atomic E-state index is 12.3. The third-order valence-electron chi connectivity index (χ3n) is 11.9. The third-order valence-corrected chi connectivity index (χ3v) is 11.9. The van der Waals surface area contributed by atoms with E-state index in [1.54, 1.807) is 36.5 Å². The molecule has 7 aromatic carbocycles. The fourth-order valence-electron chi connectivity index (χ4n) is 8.39. The molecule has 9 aromatic rings. The van der Waals surface area contributed by atoms with Crippen molar-refractivity contribution in [3.63, 3.8) is 0 Å². The Hall–Kier alpha value is -6.35. The first-order valence-corrected chi connectivity index (χ1v) is 21.5. The number of rotatable bonds is 10. The number of pyridine rings is 1. The molecule has 1 N–H and O–H groups in total. The number of phenolic OH excluding ortho intramolecular Hbond substituents is 1. The van der Waals surface area contributed by atoms with Crippen molar-refractivity contribution in [2.24, 2.45) is 0 Å². The van der Waals surface area contributed by atoms with E-state index in [0.29, 0.717) is 39.4 Å². The summed E-state index contributed by atoms with van der Waals surface area (Å²) in [4.78, 5) is 10.3. The predicted octanol–water partition coefficient (Wildman–Crippen LogP) is 15.9. The molecule has 0 aliphatic carbocycles. The average Bonchev–Trinajstić information content (AvgIpc) is 3.73. The second kappa shape index (κ2) is 18.4. The summed E-state index contributed by atoms with van der Waals surface area (Å²) in [6.45, 7) is 6.41. The van der Waals surface area contributed by atoms with Gasteiger partial charge in [-0.3, -0.25) is 9.55 Å². The molecule has 64 heavy (non-hydrogen) atoms. The first-order chi connectivity index (χ1) is 33.2.